The van der Waals surface area contributed by atoms with Gasteiger partial charge in [-0.2, -0.15) is 0 Å². The highest BCUT2D eigenvalue weighted by atomic mass is 16.1. The molecule has 0 spiro atoms. The summed E-state index contributed by atoms with van der Waals surface area (Å²) in [6.07, 6.45) is 3.21. The summed E-state index contributed by atoms with van der Waals surface area (Å²) in [5.74, 6) is 0.374. The Kier molecular flexibility index (Phi) is 3.06. The van der Waals surface area contributed by atoms with Crippen LogP contribution in [0.4, 0.5) is 0 Å². The van der Waals surface area contributed by atoms with Crippen LogP contribution in [0.5, 0.6) is 0 Å². The molecule has 1 unspecified atom stereocenters. The van der Waals surface area contributed by atoms with E-state index in [9.17, 15) is 4.79 Å². The quantitative estimate of drug-likeness (QED) is 0.615. The zero-order chi connectivity index (χ0) is 8.27. The van der Waals surface area contributed by atoms with Crippen LogP contribution in [-0.4, -0.2) is 29.8 Å². The van der Waals surface area contributed by atoms with E-state index in [4.69, 9.17) is 0 Å². The summed E-state index contributed by atoms with van der Waals surface area (Å²) in [4.78, 5) is 13.4. The third-order valence-corrected chi connectivity index (χ3v) is 2.46. The van der Waals surface area contributed by atoms with Crippen molar-refractivity contribution in [2.24, 2.45) is 0 Å². The SMILES string of the molecule is CCC(=O)CN1CCCC1C. The van der Waals surface area contributed by atoms with E-state index in [1.54, 1.807) is 0 Å². The molecule has 0 aromatic heterocycles. The first-order valence-corrected chi connectivity index (χ1v) is 4.49. The minimum atomic E-state index is 0.374. The van der Waals surface area contributed by atoms with Crippen molar-refractivity contribution in [3.8, 4) is 0 Å². The first-order chi connectivity index (χ1) is 5.24. The molecule has 0 radical (unpaired) electrons. The number of likely N-dealkylation sites (tertiary alicyclic amines) is 1. The van der Waals surface area contributed by atoms with Gasteiger partial charge in [0.1, 0.15) is 5.78 Å². The number of nitrogens with zero attached hydrogens (tertiary/aromatic N) is 1. The fraction of sp³-hybridized carbons (Fsp3) is 0.889. The van der Waals surface area contributed by atoms with Gasteiger partial charge < -0.3 is 0 Å². The number of ketones is 1. The molecule has 1 aliphatic heterocycles. The lowest BCUT2D eigenvalue weighted by atomic mass is 10.2. The number of hydrogen-bond acceptors (Lipinski definition) is 2. The van der Waals surface area contributed by atoms with Crippen LogP contribution in [0.1, 0.15) is 33.1 Å². The van der Waals surface area contributed by atoms with Gasteiger partial charge in [-0.3, -0.25) is 9.69 Å². The monoisotopic (exact) mass is 155 g/mol. The summed E-state index contributed by atoms with van der Waals surface area (Å²) in [7, 11) is 0. The van der Waals surface area contributed by atoms with Crippen molar-refractivity contribution in [2.45, 2.75) is 39.2 Å². The van der Waals surface area contributed by atoms with E-state index in [2.05, 4.69) is 11.8 Å². The van der Waals surface area contributed by atoms with Crippen LogP contribution in [0.3, 0.4) is 0 Å². The molecule has 0 bridgehead atoms. The summed E-state index contributed by atoms with van der Waals surface area (Å²) >= 11 is 0. The molecule has 64 valence electrons. The summed E-state index contributed by atoms with van der Waals surface area (Å²) in [6.45, 7) is 5.93. The van der Waals surface area contributed by atoms with E-state index in [1.807, 2.05) is 6.92 Å². The molecule has 1 heterocycles. The molecule has 0 N–H and O–H groups in total. The first-order valence-electron chi connectivity index (χ1n) is 4.49. The lowest BCUT2D eigenvalue weighted by molar-refractivity contribution is -0.120. The molecule has 1 saturated heterocycles. The second kappa shape index (κ2) is 3.86. The van der Waals surface area contributed by atoms with Crippen LogP contribution >= 0.6 is 0 Å². The van der Waals surface area contributed by atoms with Crippen LogP contribution in [0, 0.1) is 0 Å². The number of Topliss-reactive ketones (excluding diaryl/α,β-unsaturated/α-hetero) is 1. The third kappa shape index (κ3) is 2.29. The van der Waals surface area contributed by atoms with Gasteiger partial charge in [-0.05, 0) is 26.3 Å². The summed E-state index contributed by atoms with van der Waals surface area (Å²) in [6, 6.07) is 0.630. The maximum absolute atomic E-state index is 11.1. The van der Waals surface area contributed by atoms with Gasteiger partial charge in [0.25, 0.3) is 0 Å². The van der Waals surface area contributed by atoms with Gasteiger partial charge in [-0.25, -0.2) is 0 Å². The van der Waals surface area contributed by atoms with Crippen LogP contribution in [-0.2, 0) is 4.79 Å². The van der Waals surface area contributed by atoms with E-state index in [1.165, 1.54) is 12.8 Å². The van der Waals surface area contributed by atoms with E-state index in [-0.39, 0.29) is 0 Å². The Hall–Kier alpha value is -0.370. The summed E-state index contributed by atoms with van der Waals surface area (Å²) in [5.41, 5.74) is 0. The zero-order valence-corrected chi connectivity index (χ0v) is 7.47. The molecule has 0 aromatic carbocycles. The molecule has 2 nitrogen and oxygen atoms in total. The van der Waals surface area contributed by atoms with Crippen molar-refractivity contribution in [1.29, 1.82) is 0 Å². The summed E-state index contributed by atoms with van der Waals surface area (Å²) < 4.78 is 0. The highest BCUT2D eigenvalue weighted by molar-refractivity contribution is 5.80. The van der Waals surface area contributed by atoms with Gasteiger partial charge in [0.15, 0.2) is 0 Å². The first kappa shape index (κ1) is 8.72. The van der Waals surface area contributed by atoms with Crippen molar-refractivity contribution in [2.75, 3.05) is 13.1 Å². The minimum absolute atomic E-state index is 0.374. The Morgan fingerprint density at radius 2 is 2.36 bits per heavy atom. The van der Waals surface area contributed by atoms with E-state index >= 15 is 0 Å². The second-order valence-corrected chi connectivity index (χ2v) is 3.35. The van der Waals surface area contributed by atoms with Crippen LogP contribution < -0.4 is 0 Å². The fourth-order valence-corrected chi connectivity index (χ4v) is 1.57. The molecule has 0 saturated carbocycles. The molecule has 2 heteroatoms. The molecule has 1 aliphatic rings. The standard InChI is InChI=1S/C9H17NO/c1-3-9(11)7-10-6-4-5-8(10)2/h8H,3-7H2,1-2H3. The maximum Gasteiger partial charge on any atom is 0.146 e. The number of carbonyl (C=O) groups excluding carboxylic acids is 1. The van der Waals surface area contributed by atoms with Crippen molar-refractivity contribution < 1.29 is 4.79 Å². The molecule has 0 aliphatic carbocycles. The Balaban J connectivity index is 2.30. The van der Waals surface area contributed by atoms with Crippen molar-refractivity contribution >= 4 is 5.78 Å². The Bertz CT molecular complexity index is 144. The lowest BCUT2D eigenvalue weighted by Gasteiger charge is -2.19. The molecule has 11 heavy (non-hydrogen) atoms. The topological polar surface area (TPSA) is 20.3 Å². The zero-order valence-electron chi connectivity index (χ0n) is 7.47. The van der Waals surface area contributed by atoms with Crippen molar-refractivity contribution in [1.82, 2.24) is 4.90 Å². The molecule has 1 rings (SSSR count). The Morgan fingerprint density at radius 1 is 1.64 bits per heavy atom. The number of carbonyl (C=O) groups is 1. The molecular formula is C9H17NO. The maximum atomic E-state index is 11.1. The van der Waals surface area contributed by atoms with E-state index in [0.29, 0.717) is 24.8 Å². The largest absolute Gasteiger partial charge is 0.298 e. The van der Waals surface area contributed by atoms with Gasteiger partial charge in [0, 0.05) is 12.5 Å². The van der Waals surface area contributed by atoms with E-state index in [0.717, 1.165) is 6.54 Å². The van der Waals surface area contributed by atoms with Gasteiger partial charge in [-0.1, -0.05) is 6.92 Å². The smallest absolute Gasteiger partial charge is 0.146 e. The summed E-state index contributed by atoms with van der Waals surface area (Å²) in [5, 5.41) is 0. The normalized spacial score (nSPS) is 25.8. The number of hydrogen-bond donors (Lipinski definition) is 0. The third-order valence-electron chi connectivity index (χ3n) is 2.46. The highest BCUT2D eigenvalue weighted by Crippen LogP contribution is 2.15. The molecule has 1 fully saturated rings. The van der Waals surface area contributed by atoms with Crippen LogP contribution in [0.15, 0.2) is 0 Å². The van der Waals surface area contributed by atoms with E-state index < -0.39 is 0 Å². The average Bonchev–Trinajstić information content (AvgIpc) is 2.37. The van der Waals surface area contributed by atoms with Gasteiger partial charge in [0.2, 0.25) is 0 Å². The van der Waals surface area contributed by atoms with Crippen molar-refractivity contribution in [3.63, 3.8) is 0 Å². The van der Waals surface area contributed by atoms with Crippen LogP contribution in [0.25, 0.3) is 0 Å². The average molecular weight is 155 g/mol. The minimum Gasteiger partial charge on any atom is -0.298 e. The Morgan fingerprint density at radius 3 is 2.82 bits per heavy atom. The lowest BCUT2D eigenvalue weighted by Crippen LogP contribution is -2.32. The van der Waals surface area contributed by atoms with Gasteiger partial charge in [-0.15, -0.1) is 0 Å². The predicted molar refractivity (Wildman–Crippen MR) is 45.6 cm³/mol. The predicted octanol–water partition coefficient (Wildman–Crippen LogP) is 1.45. The van der Waals surface area contributed by atoms with Crippen LogP contribution in [0.2, 0.25) is 0 Å². The van der Waals surface area contributed by atoms with Crippen molar-refractivity contribution in [3.05, 3.63) is 0 Å². The Labute approximate surface area is 68.6 Å². The van der Waals surface area contributed by atoms with Gasteiger partial charge in [0.05, 0.1) is 6.54 Å². The highest BCUT2D eigenvalue weighted by Gasteiger charge is 2.21. The molecule has 0 amide bonds. The number of rotatable bonds is 3. The fourth-order valence-electron chi connectivity index (χ4n) is 1.57. The second-order valence-electron chi connectivity index (χ2n) is 3.35. The molecular weight excluding hydrogens is 138 g/mol. The van der Waals surface area contributed by atoms with Gasteiger partial charge >= 0.3 is 0 Å². The molecule has 1 atom stereocenters. The molecule has 0 aromatic rings.